The van der Waals surface area contributed by atoms with E-state index in [1.807, 2.05) is 6.92 Å². The van der Waals surface area contributed by atoms with E-state index in [4.69, 9.17) is 5.73 Å². The van der Waals surface area contributed by atoms with Gasteiger partial charge in [0.05, 0.1) is 11.4 Å². The largest absolute Gasteiger partial charge is 0.395 e. The fourth-order valence-electron chi connectivity index (χ4n) is 3.51. The highest BCUT2D eigenvalue weighted by Crippen LogP contribution is 2.38. The fourth-order valence-corrected chi connectivity index (χ4v) is 3.51. The van der Waals surface area contributed by atoms with E-state index in [0.29, 0.717) is 36.6 Å². The van der Waals surface area contributed by atoms with Crippen molar-refractivity contribution in [2.45, 2.75) is 105 Å². The minimum atomic E-state index is -0.0125. The molecule has 0 saturated heterocycles. The van der Waals surface area contributed by atoms with Crippen molar-refractivity contribution in [3.05, 3.63) is 33.6 Å². The van der Waals surface area contributed by atoms with Gasteiger partial charge in [0.25, 0.3) is 0 Å². The van der Waals surface area contributed by atoms with Crippen molar-refractivity contribution in [3.63, 3.8) is 0 Å². The van der Waals surface area contributed by atoms with Crippen LogP contribution in [0.4, 0.5) is 22.7 Å². The first-order chi connectivity index (χ1) is 17.2. The van der Waals surface area contributed by atoms with Crippen LogP contribution in [-0.4, -0.2) is 18.1 Å². The maximum absolute atomic E-state index is 11.5. The Balaban J connectivity index is 0.000000802. The summed E-state index contributed by atoms with van der Waals surface area (Å²) in [6.07, 6.45) is 11.9. The molecule has 0 bridgehead atoms. The van der Waals surface area contributed by atoms with Crippen molar-refractivity contribution in [2.24, 2.45) is 16.3 Å². The summed E-state index contributed by atoms with van der Waals surface area (Å²) in [5.41, 5.74) is 7.51. The number of nitrogen functional groups attached to an aromatic ring is 1. The van der Waals surface area contributed by atoms with E-state index in [1.165, 1.54) is 11.6 Å². The Morgan fingerprint density at radius 2 is 1.67 bits per heavy atom. The van der Waals surface area contributed by atoms with Crippen LogP contribution in [0.2, 0.25) is 0 Å². The number of ketones is 2. The maximum Gasteiger partial charge on any atom is 0.156 e. The van der Waals surface area contributed by atoms with Crippen LogP contribution in [0.1, 0.15) is 105 Å². The van der Waals surface area contributed by atoms with E-state index in [2.05, 4.69) is 49.4 Å². The number of allylic oxidation sites excluding steroid dienone is 2. The molecular formula is C28H46N4O4. The van der Waals surface area contributed by atoms with Crippen LogP contribution in [0.3, 0.4) is 0 Å². The molecule has 0 spiro atoms. The lowest BCUT2D eigenvalue weighted by molar-refractivity contribution is -0.122. The van der Waals surface area contributed by atoms with Gasteiger partial charge >= 0.3 is 0 Å². The Morgan fingerprint density at radius 3 is 2.25 bits per heavy atom. The second-order valence-corrected chi connectivity index (χ2v) is 9.19. The quantitative estimate of drug-likeness (QED) is 0.0894. The minimum absolute atomic E-state index is 0.00995. The molecule has 0 amide bonds. The van der Waals surface area contributed by atoms with Crippen LogP contribution in [-0.2, 0) is 9.59 Å². The number of carbonyl (C=O) groups is 2. The fraction of sp³-hybridized carbons (Fsp3) is 0.643. The highest BCUT2D eigenvalue weighted by Gasteiger charge is 2.12. The number of nitroso groups, excluding NO2 is 2. The number of hydrogen-bond donors (Lipinski definition) is 2. The molecule has 0 heterocycles. The number of nitrogens with zero attached hydrogens (tertiary/aromatic N) is 2. The zero-order valence-electron chi connectivity index (χ0n) is 22.9. The van der Waals surface area contributed by atoms with Gasteiger partial charge in [0.1, 0.15) is 17.3 Å². The summed E-state index contributed by atoms with van der Waals surface area (Å²) in [5.74, 6) is 0.984. The van der Waals surface area contributed by atoms with Gasteiger partial charge < -0.3 is 11.1 Å². The van der Waals surface area contributed by atoms with Crippen molar-refractivity contribution in [1.29, 1.82) is 0 Å². The molecule has 0 fully saturated rings. The minimum Gasteiger partial charge on any atom is -0.395 e. The molecule has 8 heteroatoms. The zero-order valence-corrected chi connectivity index (χ0v) is 22.9. The third-order valence-corrected chi connectivity index (χ3v) is 6.12. The van der Waals surface area contributed by atoms with Crippen LogP contribution in [0.25, 0.3) is 0 Å². The molecule has 0 aromatic heterocycles. The first kappa shape index (κ1) is 33.1. The van der Waals surface area contributed by atoms with E-state index >= 15 is 0 Å². The van der Waals surface area contributed by atoms with Gasteiger partial charge in [-0.05, 0) is 67.9 Å². The van der Waals surface area contributed by atoms with Crippen LogP contribution >= 0.6 is 0 Å². The molecule has 0 radical (unpaired) electrons. The van der Waals surface area contributed by atoms with E-state index in [-0.39, 0.29) is 23.0 Å². The summed E-state index contributed by atoms with van der Waals surface area (Å²) < 4.78 is 0. The second kappa shape index (κ2) is 20.3. The molecule has 0 aliphatic heterocycles. The highest BCUT2D eigenvalue weighted by atomic mass is 16.3. The van der Waals surface area contributed by atoms with Crippen molar-refractivity contribution in [1.82, 2.24) is 0 Å². The third-order valence-electron chi connectivity index (χ3n) is 6.12. The van der Waals surface area contributed by atoms with Crippen molar-refractivity contribution in [2.75, 3.05) is 17.6 Å². The van der Waals surface area contributed by atoms with Crippen molar-refractivity contribution < 1.29 is 9.59 Å². The van der Waals surface area contributed by atoms with Crippen LogP contribution in [0, 0.1) is 15.7 Å². The van der Waals surface area contributed by atoms with Crippen LogP contribution in [0.5, 0.6) is 0 Å². The Morgan fingerprint density at radius 1 is 0.972 bits per heavy atom. The van der Waals surface area contributed by atoms with Gasteiger partial charge in [-0.15, -0.1) is 9.81 Å². The molecule has 1 unspecified atom stereocenters. The van der Waals surface area contributed by atoms with E-state index < -0.39 is 0 Å². The lowest BCUT2D eigenvalue weighted by atomic mass is 9.98. The lowest BCUT2D eigenvalue weighted by Gasteiger charge is -2.10. The van der Waals surface area contributed by atoms with E-state index in [1.54, 1.807) is 6.07 Å². The first-order valence-electron chi connectivity index (χ1n) is 13.3. The van der Waals surface area contributed by atoms with Gasteiger partial charge in [0, 0.05) is 31.7 Å². The topological polar surface area (TPSA) is 131 Å². The van der Waals surface area contributed by atoms with Gasteiger partial charge in [0.2, 0.25) is 0 Å². The Labute approximate surface area is 216 Å². The highest BCUT2D eigenvalue weighted by molar-refractivity contribution is 5.86. The third kappa shape index (κ3) is 13.9. The van der Waals surface area contributed by atoms with E-state index in [0.717, 1.165) is 57.8 Å². The molecular weight excluding hydrogens is 456 g/mol. The predicted molar refractivity (Wildman–Crippen MR) is 151 cm³/mol. The van der Waals surface area contributed by atoms with Crippen LogP contribution < -0.4 is 11.1 Å². The lowest BCUT2D eigenvalue weighted by Crippen LogP contribution is -2.09. The molecule has 36 heavy (non-hydrogen) atoms. The number of nitrogens with two attached hydrogens (primary N) is 1. The Bertz CT molecular complexity index is 852. The zero-order chi connectivity index (χ0) is 27.3. The summed E-state index contributed by atoms with van der Waals surface area (Å²) in [7, 11) is 0. The monoisotopic (exact) mass is 502 g/mol. The van der Waals surface area contributed by atoms with Crippen molar-refractivity contribution in [3.8, 4) is 0 Å². The summed E-state index contributed by atoms with van der Waals surface area (Å²) in [5, 5.41) is 8.69. The molecule has 0 aliphatic rings. The normalized spacial score (nSPS) is 11.8. The molecule has 0 saturated carbocycles. The van der Waals surface area contributed by atoms with Gasteiger partial charge in [-0.3, -0.25) is 9.59 Å². The number of benzene rings is 1. The summed E-state index contributed by atoms with van der Waals surface area (Å²) in [4.78, 5) is 44.4. The van der Waals surface area contributed by atoms with E-state index in [9.17, 15) is 19.4 Å². The SMILES string of the molecule is CC/C=C(\C)CCC(=O)C(C)CC.CCCCC(=O)CCCCCNc1ccc(N=O)c(N)c1N=O. The second-order valence-electron chi connectivity index (χ2n) is 9.19. The molecule has 1 atom stereocenters. The Kier molecular flexibility index (Phi) is 18.7. The average Bonchev–Trinajstić information content (AvgIpc) is 2.88. The van der Waals surface area contributed by atoms with Gasteiger partial charge in [-0.2, -0.15) is 0 Å². The standard InChI is InChI=1S/C16H24N4O3.C12H22O/c1-2-3-7-12(21)8-5-4-6-11-18-14-10-9-13(19-22)15(17)16(14)20-23;1-5-7-10(3)8-9-12(13)11(4)6-2/h9-10,18H,2-8,11,17H2,1H3;7,11H,5-6,8-9H2,1-4H3/b;10-7+. The summed E-state index contributed by atoms with van der Waals surface area (Å²) >= 11 is 0. The number of unbranched alkanes of at least 4 members (excludes halogenated alkanes) is 3. The number of rotatable bonds is 18. The number of anilines is 2. The molecule has 1 rings (SSSR count). The van der Waals surface area contributed by atoms with Gasteiger partial charge in [-0.25, -0.2) is 0 Å². The molecule has 202 valence electrons. The molecule has 3 N–H and O–H groups in total. The number of Topliss-reactive ketones (excluding diaryl/α,β-unsaturated/α-hetero) is 2. The maximum atomic E-state index is 11.5. The Hall–Kier alpha value is -2.90. The predicted octanol–water partition coefficient (Wildman–Crippen LogP) is 8.53. The molecule has 8 nitrogen and oxygen atoms in total. The van der Waals surface area contributed by atoms with Gasteiger partial charge in [0.15, 0.2) is 5.69 Å². The molecule has 1 aromatic carbocycles. The van der Waals surface area contributed by atoms with Crippen LogP contribution in [0.15, 0.2) is 34.1 Å². The van der Waals surface area contributed by atoms with Gasteiger partial charge in [-0.1, -0.05) is 52.2 Å². The molecule has 1 aromatic rings. The first-order valence-corrected chi connectivity index (χ1v) is 13.3. The number of nitrogens with one attached hydrogen (secondary N) is 1. The smallest absolute Gasteiger partial charge is 0.156 e. The number of hydrogen-bond acceptors (Lipinski definition) is 8. The molecule has 0 aliphatic carbocycles. The average molecular weight is 503 g/mol. The van der Waals surface area contributed by atoms with Crippen molar-refractivity contribution >= 4 is 34.3 Å². The number of carbonyl (C=O) groups excluding carboxylic acids is 2. The summed E-state index contributed by atoms with van der Waals surface area (Å²) in [6.45, 7) is 11.0. The summed E-state index contributed by atoms with van der Waals surface area (Å²) in [6, 6.07) is 3.02.